The predicted octanol–water partition coefficient (Wildman–Crippen LogP) is 5.41. The van der Waals surface area contributed by atoms with Crippen LogP contribution in [0.2, 0.25) is 0 Å². The molecular formula is C27H27FN4O2. The van der Waals surface area contributed by atoms with Crippen molar-refractivity contribution in [2.24, 2.45) is 0 Å². The van der Waals surface area contributed by atoms with Gasteiger partial charge in [0.1, 0.15) is 17.2 Å². The van der Waals surface area contributed by atoms with E-state index in [9.17, 15) is 9.18 Å². The van der Waals surface area contributed by atoms with Gasteiger partial charge in [-0.15, -0.1) is 0 Å². The number of pyridine rings is 1. The number of halogens is 1. The number of benzene rings is 2. The van der Waals surface area contributed by atoms with Crippen molar-refractivity contribution >= 4 is 22.6 Å². The molecule has 0 aliphatic rings. The maximum Gasteiger partial charge on any atom is 0.248 e. The number of carbonyl (C=O) groups is 1. The van der Waals surface area contributed by atoms with Gasteiger partial charge in [0.25, 0.3) is 0 Å². The van der Waals surface area contributed by atoms with Crippen LogP contribution < -0.4 is 10.1 Å². The number of carbonyl (C=O) groups excluding carboxylic acids is 1. The normalized spacial score (nSPS) is 11.5. The number of likely N-dealkylation sites (N-methyl/N-ethyl adjacent to an activating group) is 1. The second-order valence-electron chi connectivity index (χ2n) is 8.36. The molecule has 2 aromatic heterocycles. The molecule has 0 fully saturated rings. The Bertz CT molecular complexity index is 1370. The van der Waals surface area contributed by atoms with Crippen molar-refractivity contribution < 1.29 is 13.9 Å². The zero-order valence-electron chi connectivity index (χ0n) is 19.6. The van der Waals surface area contributed by atoms with Crippen molar-refractivity contribution in [1.29, 1.82) is 0 Å². The molecule has 0 unspecified atom stereocenters. The summed E-state index contributed by atoms with van der Waals surface area (Å²) >= 11 is 0. The van der Waals surface area contributed by atoms with Crippen molar-refractivity contribution in [3.63, 3.8) is 0 Å². The van der Waals surface area contributed by atoms with Crippen molar-refractivity contribution in [2.45, 2.75) is 6.92 Å². The number of H-pyrrole nitrogens is 1. The molecule has 174 valence electrons. The van der Waals surface area contributed by atoms with Crippen LogP contribution in [0, 0.1) is 12.7 Å². The molecule has 4 aromatic rings. The summed E-state index contributed by atoms with van der Waals surface area (Å²) < 4.78 is 19.5. The van der Waals surface area contributed by atoms with Crippen LogP contribution in [0.25, 0.3) is 33.3 Å². The first-order valence-corrected chi connectivity index (χ1v) is 10.9. The second kappa shape index (κ2) is 9.89. The first-order valence-electron chi connectivity index (χ1n) is 10.9. The van der Waals surface area contributed by atoms with E-state index >= 15 is 0 Å². The number of aromatic amines is 1. The molecule has 2 heterocycles. The van der Waals surface area contributed by atoms with Crippen LogP contribution in [0.4, 0.5) is 10.1 Å². The summed E-state index contributed by atoms with van der Waals surface area (Å²) in [6.07, 6.45) is 6.99. The van der Waals surface area contributed by atoms with Gasteiger partial charge in [0.05, 0.1) is 7.11 Å². The Morgan fingerprint density at radius 2 is 2.00 bits per heavy atom. The standard InChI is InChI=1S/C27H27FN4O2/c1-17-11-21(25(34-4)14-24(17)28)23-16-30-27-22(23)13-19(15-29-27)18-7-5-8-20(12-18)31-26(33)9-6-10-32(2)3/h5-9,11-16H,10H2,1-4H3,(H,29,30)(H,31,33). The van der Waals surface area contributed by atoms with E-state index in [1.54, 1.807) is 19.2 Å². The molecule has 0 atom stereocenters. The Morgan fingerprint density at radius 3 is 2.76 bits per heavy atom. The van der Waals surface area contributed by atoms with Crippen LogP contribution in [-0.4, -0.2) is 48.5 Å². The average molecular weight is 459 g/mol. The van der Waals surface area contributed by atoms with Gasteiger partial charge < -0.3 is 19.9 Å². The fourth-order valence-electron chi connectivity index (χ4n) is 3.76. The van der Waals surface area contributed by atoms with E-state index in [-0.39, 0.29) is 11.7 Å². The Balaban J connectivity index is 1.67. The molecule has 0 bridgehead atoms. The summed E-state index contributed by atoms with van der Waals surface area (Å²) in [5.41, 5.74) is 5.43. The second-order valence-corrected chi connectivity index (χ2v) is 8.36. The van der Waals surface area contributed by atoms with Crippen LogP contribution in [0.1, 0.15) is 5.56 Å². The summed E-state index contributed by atoms with van der Waals surface area (Å²) in [6, 6.07) is 12.8. The lowest BCUT2D eigenvalue weighted by Crippen LogP contribution is -2.12. The third-order valence-electron chi connectivity index (χ3n) is 5.51. The molecule has 0 aliphatic heterocycles. The SMILES string of the molecule is COc1cc(F)c(C)cc1-c1c[nH]c2ncc(-c3cccc(NC(=O)C=CCN(C)C)c3)cc12. The number of amides is 1. The fraction of sp³-hybridized carbons (Fsp3) is 0.185. The monoisotopic (exact) mass is 458 g/mol. The van der Waals surface area contributed by atoms with Crippen molar-refractivity contribution in [3.05, 3.63) is 78.4 Å². The van der Waals surface area contributed by atoms with Gasteiger partial charge in [0, 0.05) is 58.8 Å². The van der Waals surface area contributed by atoms with Gasteiger partial charge >= 0.3 is 0 Å². The number of nitrogens with zero attached hydrogens (tertiary/aromatic N) is 2. The summed E-state index contributed by atoms with van der Waals surface area (Å²) in [6.45, 7) is 2.42. The summed E-state index contributed by atoms with van der Waals surface area (Å²) in [5, 5.41) is 3.79. The number of nitrogens with one attached hydrogen (secondary N) is 2. The zero-order chi connectivity index (χ0) is 24.2. The number of rotatable bonds is 7. The molecule has 0 spiro atoms. The van der Waals surface area contributed by atoms with Crippen molar-refractivity contribution in [3.8, 4) is 28.0 Å². The topological polar surface area (TPSA) is 70.2 Å². The molecular weight excluding hydrogens is 431 g/mol. The highest BCUT2D eigenvalue weighted by atomic mass is 19.1. The number of aryl methyl sites for hydroxylation is 1. The van der Waals surface area contributed by atoms with Gasteiger partial charge in [-0.1, -0.05) is 18.2 Å². The molecule has 0 aliphatic carbocycles. The average Bonchev–Trinajstić information content (AvgIpc) is 3.23. The van der Waals surface area contributed by atoms with Gasteiger partial charge in [-0.3, -0.25) is 4.79 Å². The van der Waals surface area contributed by atoms with E-state index in [0.717, 1.165) is 33.3 Å². The number of ether oxygens (including phenoxy) is 1. The van der Waals surface area contributed by atoms with Crippen LogP contribution >= 0.6 is 0 Å². The smallest absolute Gasteiger partial charge is 0.248 e. The Kier molecular flexibility index (Phi) is 6.75. The lowest BCUT2D eigenvalue weighted by Gasteiger charge is -2.10. The molecule has 34 heavy (non-hydrogen) atoms. The van der Waals surface area contributed by atoms with E-state index < -0.39 is 0 Å². The lowest BCUT2D eigenvalue weighted by atomic mass is 10.00. The maximum atomic E-state index is 14.1. The first kappa shape index (κ1) is 23.2. The van der Waals surface area contributed by atoms with Gasteiger partial charge in [-0.25, -0.2) is 9.37 Å². The van der Waals surface area contributed by atoms with Gasteiger partial charge in [-0.05, 0) is 56.4 Å². The minimum Gasteiger partial charge on any atom is -0.496 e. The number of hydrogen-bond donors (Lipinski definition) is 2. The fourth-order valence-corrected chi connectivity index (χ4v) is 3.76. The predicted molar refractivity (Wildman–Crippen MR) is 135 cm³/mol. The highest BCUT2D eigenvalue weighted by Crippen LogP contribution is 2.37. The lowest BCUT2D eigenvalue weighted by molar-refractivity contribution is -0.111. The van der Waals surface area contributed by atoms with Crippen LogP contribution in [0.15, 0.2) is 67.0 Å². The van der Waals surface area contributed by atoms with E-state index in [2.05, 4.69) is 15.3 Å². The summed E-state index contributed by atoms with van der Waals surface area (Å²) in [7, 11) is 5.42. The number of hydrogen-bond acceptors (Lipinski definition) is 4. The van der Waals surface area contributed by atoms with Gasteiger partial charge in [0.2, 0.25) is 5.91 Å². The van der Waals surface area contributed by atoms with E-state index in [1.807, 2.05) is 61.6 Å². The number of anilines is 1. The molecule has 2 N–H and O–H groups in total. The minimum absolute atomic E-state index is 0.181. The molecule has 7 heteroatoms. The minimum atomic E-state index is -0.310. The Labute approximate surface area is 198 Å². The quantitative estimate of drug-likeness (QED) is 0.363. The molecule has 0 saturated carbocycles. The Hall–Kier alpha value is -3.97. The molecule has 4 rings (SSSR count). The van der Waals surface area contributed by atoms with Crippen molar-refractivity contribution in [2.75, 3.05) is 33.1 Å². The maximum absolute atomic E-state index is 14.1. The first-order chi connectivity index (χ1) is 16.4. The van der Waals surface area contributed by atoms with E-state index in [1.165, 1.54) is 19.3 Å². The van der Waals surface area contributed by atoms with Crippen LogP contribution in [-0.2, 0) is 4.79 Å². The summed E-state index contributed by atoms with van der Waals surface area (Å²) in [5.74, 6) is -0.0321. The Morgan fingerprint density at radius 1 is 1.18 bits per heavy atom. The van der Waals surface area contributed by atoms with Crippen LogP contribution in [0.5, 0.6) is 5.75 Å². The molecule has 0 radical (unpaired) electrons. The number of fused-ring (bicyclic) bond motifs is 1. The van der Waals surface area contributed by atoms with E-state index in [4.69, 9.17) is 4.74 Å². The highest BCUT2D eigenvalue weighted by molar-refractivity contribution is 6.00. The van der Waals surface area contributed by atoms with E-state index in [0.29, 0.717) is 23.5 Å². The molecule has 0 saturated heterocycles. The zero-order valence-corrected chi connectivity index (χ0v) is 19.6. The van der Waals surface area contributed by atoms with Gasteiger partial charge in [-0.2, -0.15) is 0 Å². The van der Waals surface area contributed by atoms with Crippen LogP contribution in [0.3, 0.4) is 0 Å². The number of aromatic nitrogens is 2. The number of methoxy groups -OCH3 is 1. The molecule has 6 nitrogen and oxygen atoms in total. The molecule has 1 amide bonds. The van der Waals surface area contributed by atoms with Gasteiger partial charge in [0.15, 0.2) is 0 Å². The summed E-state index contributed by atoms with van der Waals surface area (Å²) in [4.78, 5) is 22.0. The molecule has 2 aromatic carbocycles. The van der Waals surface area contributed by atoms with Crippen molar-refractivity contribution in [1.82, 2.24) is 14.9 Å². The third kappa shape index (κ3) is 5.00. The third-order valence-corrected chi connectivity index (χ3v) is 5.51. The largest absolute Gasteiger partial charge is 0.496 e. The highest BCUT2D eigenvalue weighted by Gasteiger charge is 2.15.